The second-order valence-corrected chi connectivity index (χ2v) is 11.2. The smallest absolute Gasteiger partial charge is 0.410 e. The molecule has 2 saturated heterocycles. The van der Waals surface area contributed by atoms with Gasteiger partial charge in [-0.3, -0.25) is 14.5 Å². The van der Waals surface area contributed by atoms with E-state index in [2.05, 4.69) is 17.0 Å². The van der Waals surface area contributed by atoms with E-state index in [-0.39, 0.29) is 43.1 Å². The summed E-state index contributed by atoms with van der Waals surface area (Å²) in [4.78, 5) is 42.0. The lowest BCUT2D eigenvalue weighted by Crippen LogP contribution is -2.52. The van der Waals surface area contributed by atoms with Crippen LogP contribution in [-0.2, 0) is 30.3 Å². The molecule has 206 valence electrons. The molecule has 2 aliphatic rings. The molecule has 3 rings (SSSR count). The third-order valence-electron chi connectivity index (χ3n) is 7.19. The third kappa shape index (κ3) is 9.33. The second-order valence-electron chi connectivity index (χ2n) is 11.2. The fraction of sp³-hybridized carbons (Fsp3) is 0.690. The number of benzene rings is 1. The number of methoxy groups -OCH3 is 1. The van der Waals surface area contributed by atoms with Crippen LogP contribution in [0.3, 0.4) is 0 Å². The molecule has 2 fully saturated rings. The van der Waals surface area contributed by atoms with Crippen LogP contribution >= 0.6 is 0 Å². The molecule has 0 N–H and O–H groups in total. The largest absolute Gasteiger partial charge is 0.469 e. The lowest BCUT2D eigenvalue weighted by molar-refractivity contribution is -0.146. The van der Waals surface area contributed by atoms with Crippen molar-refractivity contribution < 1.29 is 28.6 Å². The topological polar surface area (TPSA) is 85.4 Å². The Morgan fingerprint density at radius 2 is 1.57 bits per heavy atom. The van der Waals surface area contributed by atoms with Crippen molar-refractivity contribution in [3.63, 3.8) is 0 Å². The summed E-state index contributed by atoms with van der Waals surface area (Å²) in [6.07, 6.45) is 6.22. The molecule has 1 amide bonds. The Bertz CT molecular complexity index is 884. The number of esters is 2. The minimum atomic E-state index is -0.646. The molecule has 0 spiro atoms. The number of likely N-dealkylation sites (tertiary alicyclic amines) is 2. The first-order chi connectivity index (χ1) is 17.7. The lowest BCUT2D eigenvalue weighted by Gasteiger charge is -2.42. The van der Waals surface area contributed by atoms with Crippen LogP contribution in [0.4, 0.5) is 4.79 Å². The second kappa shape index (κ2) is 13.8. The Morgan fingerprint density at radius 3 is 2.27 bits per heavy atom. The van der Waals surface area contributed by atoms with Crippen LogP contribution in [-0.4, -0.2) is 71.8 Å². The van der Waals surface area contributed by atoms with Crippen LogP contribution in [0.15, 0.2) is 30.3 Å². The Hall–Kier alpha value is -2.61. The standard InChI is InChI=1S/C29H44N2O6/c1-29(2,3)37-28(34)31-23(14-10-15-25(31)20-26(32)35-4)16-18-36-27(33)19-24-13-8-9-17-30(24)21-22-11-6-5-7-12-22/h5-7,11-12,23-25H,8-10,13-21H2,1-4H3. The molecule has 1 aromatic rings. The maximum Gasteiger partial charge on any atom is 0.410 e. The molecule has 0 bridgehead atoms. The van der Waals surface area contributed by atoms with E-state index in [1.165, 1.54) is 12.7 Å². The summed E-state index contributed by atoms with van der Waals surface area (Å²) in [5.41, 5.74) is 0.608. The zero-order valence-corrected chi connectivity index (χ0v) is 22.9. The summed E-state index contributed by atoms with van der Waals surface area (Å²) in [5.74, 6) is -0.547. The molecule has 2 aliphatic heterocycles. The van der Waals surface area contributed by atoms with Gasteiger partial charge in [-0.15, -0.1) is 0 Å². The first kappa shape index (κ1) is 29.0. The van der Waals surface area contributed by atoms with Crippen LogP contribution in [0.5, 0.6) is 0 Å². The van der Waals surface area contributed by atoms with E-state index in [0.717, 1.165) is 45.2 Å². The Labute approximate surface area is 221 Å². The highest BCUT2D eigenvalue weighted by molar-refractivity contribution is 5.73. The van der Waals surface area contributed by atoms with Gasteiger partial charge in [-0.25, -0.2) is 4.79 Å². The number of ether oxygens (including phenoxy) is 3. The number of carbonyl (C=O) groups excluding carboxylic acids is 3. The number of hydrogen-bond donors (Lipinski definition) is 0. The van der Waals surface area contributed by atoms with E-state index in [4.69, 9.17) is 14.2 Å². The van der Waals surface area contributed by atoms with Gasteiger partial charge in [-0.05, 0) is 65.0 Å². The minimum Gasteiger partial charge on any atom is -0.469 e. The molecule has 2 heterocycles. The highest BCUT2D eigenvalue weighted by atomic mass is 16.6. The highest BCUT2D eigenvalue weighted by Gasteiger charge is 2.38. The van der Waals surface area contributed by atoms with Crippen LogP contribution < -0.4 is 0 Å². The molecule has 3 atom stereocenters. The van der Waals surface area contributed by atoms with Crippen molar-refractivity contribution in [1.82, 2.24) is 9.80 Å². The van der Waals surface area contributed by atoms with E-state index >= 15 is 0 Å². The number of nitrogens with zero attached hydrogens (tertiary/aromatic N) is 2. The average molecular weight is 517 g/mol. The zero-order chi connectivity index (χ0) is 26.8. The molecule has 0 saturated carbocycles. The first-order valence-corrected chi connectivity index (χ1v) is 13.7. The summed E-state index contributed by atoms with van der Waals surface area (Å²) in [5, 5.41) is 0. The maximum atomic E-state index is 13.1. The van der Waals surface area contributed by atoms with E-state index in [1.54, 1.807) is 4.90 Å². The van der Waals surface area contributed by atoms with Crippen molar-refractivity contribution in [2.75, 3.05) is 20.3 Å². The minimum absolute atomic E-state index is 0.130. The monoisotopic (exact) mass is 516 g/mol. The van der Waals surface area contributed by atoms with Gasteiger partial charge in [0, 0.05) is 31.1 Å². The van der Waals surface area contributed by atoms with Crippen molar-refractivity contribution in [2.45, 2.75) is 109 Å². The van der Waals surface area contributed by atoms with Crippen molar-refractivity contribution in [3.8, 4) is 0 Å². The predicted molar refractivity (Wildman–Crippen MR) is 141 cm³/mol. The summed E-state index contributed by atoms with van der Waals surface area (Å²) in [6.45, 7) is 7.54. The number of hydrogen-bond acceptors (Lipinski definition) is 7. The number of carbonyl (C=O) groups is 3. The van der Waals surface area contributed by atoms with Gasteiger partial charge < -0.3 is 19.1 Å². The predicted octanol–water partition coefficient (Wildman–Crippen LogP) is 5.09. The van der Waals surface area contributed by atoms with Crippen LogP contribution in [0.2, 0.25) is 0 Å². The van der Waals surface area contributed by atoms with Crippen molar-refractivity contribution in [3.05, 3.63) is 35.9 Å². The fourth-order valence-corrected chi connectivity index (χ4v) is 5.42. The van der Waals surface area contributed by atoms with Crippen molar-refractivity contribution in [2.24, 2.45) is 0 Å². The van der Waals surface area contributed by atoms with Crippen molar-refractivity contribution in [1.29, 1.82) is 0 Å². The average Bonchev–Trinajstić information content (AvgIpc) is 2.85. The fourth-order valence-electron chi connectivity index (χ4n) is 5.42. The molecule has 3 unspecified atom stereocenters. The van der Waals surface area contributed by atoms with Gasteiger partial charge in [0.1, 0.15) is 5.60 Å². The van der Waals surface area contributed by atoms with Gasteiger partial charge in [0.25, 0.3) is 0 Å². The zero-order valence-electron chi connectivity index (χ0n) is 22.9. The quantitative estimate of drug-likeness (QED) is 0.334. The Morgan fingerprint density at radius 1 is 0.892 bits per heavy atom. The normalized spacial score (nSPS) is 22.8. The summed E-state index contributed by atoms with van der Waals surface area (Å²) in [7, 11) is 1.35. The molecule has 8 nitrogen and oxygen atoms in total. The summed E-state index contributed by atoms with van der Waals surface area (Å²) < 4.78 is 16.2. The molecule has 0 aliphatic carbocycles. The van der Waals surface area contributed by atoms with Crippen LogP contribution in [0.25, 0.3) is 0 Å². The van der Waals surface area contributed by atoms with Gasteiger partial charge in [0.15, 0.2) is 0 Å². The van der Waals surface area contributed by atoms with E-state index in [1.807, 2.05) is 39.0 Å². The van der Waals surface area contributed by atoms with E-state index < -0.39 is 11.7 Å². The van der Waals surface area contributed by atoms with E-state index in [0.29, 0.717) is 19.3 Å². The van der Waals surface area contributed by atoms with Crippen LogP contribution in [0, 0.1) is 0 Å². The Kier molecular flexibility index (Phi) is 10.8. The summed E-state index contributed by atoms with van der Waals surface area (Å²) >= 11 is 0. The molecular formula is C29H44N2O6. The molecule has 1 aromatic carbocycles. The van der Waals surface area contributed by atoms with Gasteiger partial charge in [0.05, 0.1) is 26.6 Å². The number of rotatable bonds is 9. The first-order valence-electron chi connectivity index (χ1n) is 13.7. The Balaban J connectivity index is 1.55. The van der Waals surface area contributed by atoms with Gasteiger partial charge >= 0.3 is 18.0 Å². The molecule has 37 heavy (non-hydrogen) atoms. The third-order valence-corrected chi connectivity index (χ3v) is 7.19. The molecule has 0 radical (unpaired) electrons. The van der Waals surface area contributed by atoms with E-state index in [9.17, 15) is 14.4 Å². The van der Waals surface area contributed by atoms with Gasteiger partial charge in [-0.2, -0.15) is 0 Å². The van der Waals surface area contributed by atoms with Crippen LogP contribution in [0.1, 0.15) is 84.1 Å². The maximum absolute atomic E-state index is 13.1. The van der Waals surface area contributed by atoms with Gasteiger partial charge in [-0.1, -0.05) is 36.8 Å². The molecular weight excluding hydrogens is 472 g/mol. The number of amides is 1. The molecule has 0 aromatic heterocycles. The molecule has 8 heteroatoms. The SMILES string of the molecule is COC(=O)CC1CCCC(CCOC(=O)CC2CCCCN2Cc2ccccc2)N1C(=O)OC(C)(C)C. The van der Waals surface area contributed by atoms with Gasteiger partial charge in [0.2, 0.25) is 0 Å². The highest BCUT2D eigenvalue weighted by Crippen LogP contribution is 2.29. The number of piperidine rings is 2. The van der Waals surface area contributed by atoms with Crippen molar-refractivity contribution >= 4 is 18.0 Å². The lowest BCUT2D eigenvalue weighted by atomic mass is 9.92. The summed E-state index contributed by atoms with van der Waals surface area (Å²) in [6, 6.07) is 10.1.